The SMILES string of the molecule is CSc1cc2c(cc1NC(=O)NC(C)C1CCCO1)OCCO2. The highest BCUT2D eigenvalue weighted by Crippen LogP contribution is 2.39. The molecule has 2 unspecified atom stereocenters. The van der Waals surface area contributed by atoms with Crippen LogP contribution in [0.1, 0.15) is 19.8 Å². The van der Waals surface area contributed by atoms with Gasteiger partial charge in [-0.3, -0.25) is 0 Å². The summed E-state index contributed by atoms with van der Waals surface area (Å²) in [7, 11) is 0. The third-order valence-electron chi connectivity index (χ3n) is 3.99. The van der Waals surface area contributed by atoms with Crippen LogP contribution in [0.3, 0.4) is 0 Å². The number of carbonyl (C=O) groups excluding carboxylic acids is 1. The molecule has 1 saturated heterocycles. The standard InChI is InChI=1S/C16H22N2O4S/c1-10(12-4-3-5-20-12)17-16(19)18-11-8-13-14(9-15(11)23-2)22-7-6-21-13/h8-10,12H,3-7H2,1-2H3,(H2,17,18,19). The molecule has 0 bridgehead atoms. The Hall–Kier alpha value is -1.60. The van der Waals surface area contributed by atoms with Crippen molar-refractivity contribution in [1.29, 1.82) is 0 Å². The van der Waals surface area contributed by atoms with Gasteiger partial charge >= 0.3 is 6.03 Å². The summed E-state index contributed by atoms with van der Waals surface area (Å²) < 4.78 is 16.8. The van der Waals surface area contributed by atoms with Gasteiger partial charge in [-0.25, -0.2) is 4.79 Å². The van der Waals surface area contributed by atoms with E-state index in [1.54, 1.807) is 11.8 Å². The van der Waals surface area contributed by atoms with E-state index in [1.807, 2.05) is 25.3 Å². The van der Waals surface area contributed by atoms with E-state index in [9.17, 15) is 4.79 Å². The van der Waals surface area contributed by atoms with E-state index in [4.69, 9.17) is 14.2 Å². The molecule has 23 heavy (non-hydrogen) atoms. The number of nitrogens with one attached hydrogen (secondary N) is 2. The summed E-state index contributed by atoms with van der Waals surface area (Å²) in [6.45, 7) is 3.81. The first kappa shape index (κ1) is 16.3. The largest absolute Gasteiger partial charge is 0.486 e. The number of amides is 2. The van der Waals surface area contributed by atoms with Crippen LogP contribution in [0.15, 0.2) is 17.0 Å². The third-order valence-corrected chi connectivity index (χ3v) is 4.77. The molecule has 0 aromatic heterocycles. The van der Waals surface area contributed by atoms with Gasteiger partial charge in [-0.05, 0) is 32.1 Å². The van der Waals surface area contributed by atoms with Crippen LogP contribution in [-0.4, -0.2) is 44.3 Å². The van der Waals surface area contributed by atoms with Gasteiger partial charge < -0.3 is 24.8 Å². The van der Waals surface area contributed by atoms with Crippen molar-refractivity contribution < 1.29 is 19.0 Å². The molecular weight excluding hydrogens is 316 g/mol. The van der Waals surface area contributed by atoms with Crippen LogP contribution in [0, 0.1) is 0 Å². The molecule has 1 fully saturated rings. The lowest BCUT2D eigenvalue weighted by Gasteiger charge is -2.22. The van der Waals surface area contributed by atoms with Gasteiger partial charge in [-0.2, -0.15) is 0 Å². The number of urea groups is 1. The fourth-order valence-electron chi connectivity index (χ4n) is 2.79. The number of hydrogen-bond acceptors (Lipinski definition) is 5. The lowest BCUT2D eigenvalue weighted by molar-refractivity contribution is 0.0868. The molecule has 0 saturated carbocycles. The molecular formula is C16H22N2O4S. The molecule has 3 rings (SSSR count). The zero-order valence-electron chi connectivity index (χ0n) is 13.4. The minimum Gasteiger partial charge on any atom is -0.486 e. The second-order valence-electron chi connectivity index (χ2n) is 5.63. The maximum absolute atomic E-state index is 12.3. The Balaban J connectivity index is 1.67. The zero-order valence-corrected chi connectivity index (χ0v) is 14.2. The van der Waals surface area contributed by atoms with Crippen molar-refractivity contribution in [1.82, 2.24) is 5.32 Å². The molecule has 2 atom stereocenters. The van der Waals surface area contributed by atoms with Crippen LogP contribution >= 0.6 is 11.8 Å². The van der Waals surface area contributed by atoms with Gasteiger partial charge in [0.15, 0.2) is 11.5 Å². The van der Waals surface area contributed by atoms with Gasteiger partial charge in [-0.1, -0.05) is 0 Å². The van der Waals surface area contributed by atoms with Crippen molar-refractivity contribution in [3.05, 3.63) is 12.1 Å². The predicted molar refractivity (Wildman–Crippen MR) is 89.8 cm³/mol. The summed E-state index contributed by atoms with van der Waals surface area (Å²) in [4.78, 5) is 13.2. The fourth-order valence-corrected chi connectivity index (χ4v) is 3.35. The molecule has 2 N–H and O–H groups in total. The summed E-state index contributed by atoms with van der Waals surface area (Å²) in [5, 5.41) is 5.85. The van der Waals surface area contributed by atoms with Crippen molar-refractivity contribution in [3.63, 3.8) is 0 Å². The lowest BCUT2D eigenvalue weighted by Crippen LogP contribution is -2.43. The fraction of sp³-hybridized carbons (Fsp3) is 0.562. The Bertz CT molecular complexity index is 575. The van der Waals surface area contributed by atoms with Gasteiger partial charge in [-0.15, -0.1) is 11.8 Å². The summed E-state index contributed by atoms with van der Waals surface area (Å²) in [5.41, 5.74) is 0.721. The minimum atomic E-state index is -0.236. The lowest BCUT2D eigenvalue weighted by atomic mass is 10.1. The molecule has 1 aromatic carbocycles. The van der Waals surface area contributed by atoms with E-state index in [1.165, 1.54) is 0 Å². The summed E-state index contributed by atoms with van der Waals surface area (Å²) in [5.74, 6) is 1.39. The van der Waals surface area contributed by atoms with E-state index in [-0.39, 0.29) is 18.2 Å². The molecule has 2 aliphatic rings. The Kier molecular flexibility index (Phi) is 5.17. The second kappa shape index (κ2) is 7.31. The van der Waals surface area contributed by atoms with Crippen molar-refractivity contribution in [3.8, 4) is 11.5 Å². The van der Waals surface area contributed by atoms with E-state index in [2.05, 4.69) is 10.6 Å². The van der Waals surface area contributed by atoms with Crippen LogP contribution in [0.2, 0.25) is 0 Å². The van der Waals surface area contributed by atoms with Crippen LogP contribution in [0.25, 0.3) is 0 Å². The normalized spacial score (nSPS) is 20.9. The van der Waals surface area contributed by atoms with Crippen molar-refractivity contribution in [2.75, 3.05) is 31.4 Å². The Morgan fingerprint density at radius 2 is 2.00 bits per heavy atom. The van der Waals surface area contributed by atoms with Gasteiger partial charge in [0.1, 0.15) is 13.2 Å². The van der Waals surface area contributed by atoms with Crippen LogP contribution in [0.5, 0.6) is 11.5 Å². The molecule has 0 radical (unpaired) electrons. The highest BCUT2D eigenvalue weighted by atomic mass is 32.2. The molecule has 2 aliphatic heterocycles. The number of anilines is 1. The van der Waals surface area contributed by atoms with Crippen LogP contribution in [-0.2, 0) is 4.74 Å². The van der Waals surface area contributed by atoms with Crippen LogP contribution < -0.4 is 20.1 Å². The first-order valence-corrected chi connectivity index (χ1v) is 9.06. The minimum absolute atomic E-state index is 0.0209. The van der Waals surface area contributed by atoms with Crippen molar-refractivity contribution in [2.45, 2.75) is 36.8 Å². The Morgan fingerprint density at radius 3 is 2.65 bits per heavy atom. The molecule has 0 aliphatic carbocycles. The topological polar surface area (TPSA) is 68.8 Å². The molecule has 126 valence electrons. The molecule has 2 amide bonds. The maximum Gasteiger partial charge on any atom is 0.319 e. The molecule has 6 nitrogen and oxygen atoms in total. The predicted octanol–water partition coefficient (Wildman–Crippen LogP) is 2.87. The summed E-state index contributed by atoms with van der Waals surface area (Å²) in [6, 6.07) is 3.46. The van der Waals surface area contributed by atoms with Crippen LogP contribution in [0.4, 0.5) is 10.5 Å². The number of hydrogen-bond donors (Lipinski definition) is 2. The number of thioether (sulfide) groups is 1. The monoisotopic (exact) mass is 338 g/mol. The highest BCUT2D eigenvalue weighted by Gasteiger charge is 2.24. The van der Waals surface area contributed by atoms with E-state index in [0.29, 0.717) is 19.0 Å². The summed E-state index contributed by atoms with van der Waals surface area (Å²) >= 11 is 1.55. The summed E-state index contributed by atoms with van der Waals surface area (Å²) in [6.07, 6.45) is 4.10. The number of carbonyl (C=O) groups is 1. The molecule has 2 heterocycles. The van der Waals surface area contributed by atoms with Gasteiger partial charge in [0.25, 0.3) is 0 Å². The Labute approximate surface area is 140 Å². The van der Waals surface area contributed by atoms with Gasteiger partial charge in [0, 0.05) is 17.6 Å². The highest BCUT2D eigenvalue weighted by molar-refractivity contribution is 7.98. The van der Waals surface area contributed by atoms with Gasteiger partial charge in [0.05, 0.1) is 17.8 Å². The third kappa shape index (κ3) is 3.84. The van der Waals surface area contributed by atoms with E-state index >= 15 is 0 Å². The number of rotatable bonds is 4. The number of fused-ring (bicyclic) bond motifs is 1. The molecule has 7 heteroatoms. The van der Waals surface area contributed by atoms with Gasteiger partial charge in [0.2, 0.25) is 0 Å². The van der Waals surface area contributed by atoms with E-state index < -0.39 is 0 Å². The maximum atomic E-state index is 12.3. The number of benzene rings is 1. The van der Waals surface area contributed by atoms with Crippen molar-refractivity contribution in [2.24, 2.45) is 0 Å². The first-order valence-electron chi connectivity index (χ1n) is 7.84. The van der Waals surface area contributed by atoms with E-state index in [0.717, 1.165) is 35.8 Å². The zero-order chi connectivity index (χ0) is 16.2. The second-order valence-corrected chi connectivity index (χ2v) is 6.48. The average molecular weight is 338 g/mol. The molecule has 0 spiro atoms. The quantitative estimate of drug-likeness (QED) is 0.826. The van der Waals surface area contributed by atoms with Crippen molar-refractivity contribution >= 4 is 23.5 Å². The first-order chi connectivity index (χ1) is 11.2. The average Bonchev–Trinajstić information content (AvgIpc) is 3.08. The Morgan fingerprint density at radius 1 is 1.26 bits per heavy atom. The number of ether oxygens (including phenoxy) is 3. The smallest absolute Gasteiger partial charge is 0.319 e. The molecule has 1 aromatic rings.